The van der Waals surface area contributed by atoms with Crippen molar-refractivity contribution in [3.05, 3.63) is 28.8 Å². The van der Waals surface area contributed by atoms with Crippen LogP contribution in [0.3, 0.4) is 0 Å². The molecule has 0 N–H and O–H groups in total. The number of halogens is 1. The van der Waals surface area contributed by atoms with Gasteiger partial charge in [0.05, 0.1) is 0 Å². The zero-order valence-electron chi connectivity index (χ0n) is 13.7. The Morgan fingerprint density at radius 3 is 2.59 bits per heavy atom. The standard InChI is InChI=1S/C19H28ClNO/c1-15(21-11-5-6-12-21)14-22-19-13-17(20)9-10-18(19)16-7-3-2-4-8-16/h9-10,13,15-16H,2-8,11-12,14H2,1H3. The van der Waals surface area contributed by atoms with Gasteiger partial charge in [-0.25, -0.2) is 0 Å². The largest absolute Gasteiger partial charge is 0.492 e. The molecule has 1 saturated heterocycles. The summed E-state index contributed by atoms with van der Waals surface area (Å²) < 4.78 is 6.22. The van der Waals surface area contributed by atoms with Crippen LogP contribution in [0.4, 0.5) is 0 Å². The molecule has 3 heteroatoms. The molecule has 1 atom stereocenters. The first-order valence-corrected chi connectivity index (χ1v) is 9.28. The molecule has 122 valence electrons. The van der Waals surface area contributed by atoms with Crippen LogP contribution in [0.5, 0.6) is 5.75 Å². The predicted molar refractivity (Wildman–Crippen MR) is 93.0 cm³/mol. The monoisotopic (exact) mass is 321 g/mol. The Balaban J connectivity index is 1.67. The number of likely N-dealkylation sites (tertiary alicyclic amines) is 1. The van der Waals surface area contributed by atoms with Crippen LogP contribution in [0, 0.1) is 0 Å². The third-order valence-corrected chi connectivity index (χ3v) is 5.50. The summed E-state index contributed by atoms with van der Waals surface area (Å²) in [6.45, 7) is 5.47. The van der Waals surface area contributed by atoms with E-state index in [-0.39, 0.29) is 0 Å². The molecule has 1 aliphatic heterocycles. The predicted octanol–water partition coefficient (Wildman–Crippen LogP) is 5.25. The first kappa shape index (κ1) is 16.1. The second-order valence-corrected chi connectivity index (χ2v) is 7.36. The van der Waals surface area contributed by atoms with Gasteiger partial charge in [0.15, 0.2) is 0 Å². The van der Waals surface area contributed by atoms with Crippen molar-refractivity contribution in [3.63, 3.8) is 0 Å². The summed E-state index contributed by atoms with van der Waals surface area (Å²) in [4.78, 5) is 2.53. The maximum absolute atomic E-state index is 6.22. The molecule has 0 radical (unpaired) electrons. The Morgan fingerprint density at radius 1 is 1.14 bits per heavy atom. The molecule has 3 rings (SSSR count). The highest BCUT2D eigenvalue weighted by molar-refractivity contribution is 6.30. The number of hydrogen-bond acceptors (Lipinski definition) is 2. The van der Waals surface area contributed by atoms with E-state index in [4.69, 9.17) is 16.3 Å². The molecule has 2 nitrogen and oxygen atoms in total. The minimum absolute atomic E-state index is 0.487. The van der Waals surface area contributed by atoms with Gasteiger partial charge in [0.1, 0.15) is 12.4 Å². The zero-order chi connectivity index (χ0) is 15.4. The summed E-state index contributed by atoms with van der Waals surface area (Å²) in [5, 5.41) is 0.781. The molecular formula is C19H28ClNO. The molecule has 1 aromatic rings. The highest BCUT2D eigenvalue weighted by Gasteiger charge is 2.22. The Kier molecular flexibility index (Phi) is 5.65. The summed E-state index contributed by atoms with van der Waals surface area (Å²) in [6, 6.07) is 6.71. The second-order valence-electron chi connectivity index (χ2n) is 6.92. The minimum Gasteiger partial charge on any atom is -0.492 e. The normalized spacial score (nSPS) is 21.9. The average Bonchev–Trinajstić information content (AvgIpc) is 3.08. The summed E-state index contributed by atoms with van der Waals surface area (Å²) >= 11 is 6.21. The lowest BCUT2D eigenvalue weighted by atomic mass is 9.84. The fourth-order valence-corrected chi connectivity index (χ4v) is 4.04. The van der Waals surface area contributed by atoms with Crippen LogP contribution in [0.25, 0.3) is 0 Å². The van der Waals surface area contributed by atoms with Gasteiger partial charge in [0, 0.05) is 11.1 Å². The molecule has 1 aliphatic carbocycles. The molecule has 2 aliphatic rings. The van der Waals surface area contributed by atoms with Crippen molar-refractivity contribution in [1.29, 1.82) is 0 Å². The Labute approximate surface area is 139 Å². The van der Waals surface area contributed by atoms with Gasteiger partial charge >= 0.3 is 0 Å². The average molecular weight is 322 g/mol. The number of benzene rings is 1. The van der Waals surface area contributed by atoms with E-state index in [1.54, 1.807) is 0 Å². The summed E-state index contributed by atoms with van der Waals surface area (Å²) in [7, 11) is 0. The van der Waals surface area contributed by atoms with Gasteiger partial charge < -0.3 is 4.74 Å². The van der Waals surface area contributed by atoms with Gasteiger partial charge in [-0.3, -0.25) is 4.90 Å². The number of rotatable bonds is 5. The van der Waals surface area contributed by atoms with E-state index in [0.29, 0.717) is 12.0 Å². The summed E-state index contributed by atoms with van der Waals surface area (Å²) in [6.07, 6.45) is 9.31. The summed E-state index contributed by atoms with van der Waals surface area (Å²) in [5.74, 6) is 1.67. The topological polar surface area (TPSA) is 12.5 Å². The molecule has 0 spiro atoms. The molecule has 0 aromatic heterocycles. The Morgan fingerprint density at radius 2 is 1.86 bits per heavy atom. The van der Waals surface area contributed by atoms with Crippen molar-refractivity contribution in [3.8, 4) is 5.75 Å². The number of nitrogens with zero attached hydrogens (tertiary/aromatic N) is 1. The van der Waals surface area contributed by atoms with Gasteiger partial charge in [0.25, 0.3) is 0 Å². The fraction of sp³-hybridized carbons (Fsp3) is 0.684. The molecule has 0 amide bonds. The fourth-order valence-electron chi connectivity index (χ4n) is 3.88. The first-order valence-electron chi connectivity index (χ1n) is 8.90. The zero-order valence-corrected chi connectivity index (χ0v) is 14.4. The quantitative estimate of drug-likeness (QED) is 0.734. The lowest BCUT2D eigenvalue weighted by Gasteiger charge is -2.27. The van der Waals surface area contributed by atoms with Crippen LogP contribution in [0.15, 0.2) is 18.2 Å². The second kappa shape index (κ2) is 7.70. The molecule has 1 unspecified atom stereocenters. The number of ether oxygens (including phenoxy) is 1. The maximum Gasteiger partial charge on any atom is 0.124 e. The van der Waals surface area contributed by atoms with E-state index in [1.807, 2.05) is 12.1 Å². The van der Waals surface area contributed by atoms with E-state index in [1.165, 1.54) is 63.6 Å². The van der Waals surface area contributed by atoms with Gasteiger partial charge in [-0.15, -0.1) is 0 Å². The van der Waals surface area contributed by atoms with E-state index < -0.39 is 0 Å². The van der Waals surface area contributed by atoms with Crippen molar-refractivity contribution < 1.29 is 4.74 Å². The summed E-state index contributed by atoms with van der Waals surface area (Å²) in [5.41, 5.74) is 1.37. The minimum atomic E-state index is 0.487. The SMILES string of the molecule is CC(COc1cc(Cl)ccc1C1CCCCC1)N1CCCC1. The molecule has 1 aromatic carbocycles. The molecule has 0 bridgehead atoms. The maximum atomic E-state index is 6.22. The van der Waals surface area contributed by atoms with Crippen LogP contribution in [0.2, 0.25) is 5.02 Å². The van der Waals surface area contributed by atoms with Crippen LogP contribution < -0.4 is 4.74 Å². The number of hydrogen-bond donors (Lipinski definition) is 0. The van der Waals surface area contributed by atoms with Crippen LogP contribution in [-0.4, -0.2) is 30.6 Å². The molecule has 22 heavy (non-hydrogen) atoms. The van der Waals surface area contributed by atoms with Gasteiger partial charge in [-0.2, -0.15) is 0 Å². The highest BCUT2D eigenvalue weighted by atomic mass is 35.5. The van der Waals surface area contributed by atoms with Crippen molar-refractivity contribution in [2.75, 3.05) is 19.7 Å². The lowest BCUT2D eigenvalue weighted by molar-refractivity contribution is 0.171. The molecular weight excluding hydrogens is 294 g/mol. The highest BCUT2D eigenvalue weighted by Crippen LogP contribution is 2.38. The first-order chi connectivity index (χ1) is 10.7. The van der Waals surface area contributed by atoms with Crippen molar-refractivity contribution in [2.45, 2.75) is 63.8 Å². The lowest BCUT2D eigenvalue weighted by Crippen LogP contribution is -2.35. The Bertz CT molecular complexity index is 478. The van der Waals surface area contributed by atoms with Crippen molar-refractivity contribution in [2.24, 2.45) is 0 Å². The van der Waals surface area contributed by atoms with Crippen LogP contribution in [-0.2, 0) is 0 Å². The van der Waals surface area contributed by atoms with Crippen LogP contribution >= 0.6 is 11.6 Å². The smallest absolute Gasteiger partial charge is 0.124 e. The third-order valence-electron chi connectivity index (χ3n) is 5.26. The van der Waals surface area contributed by atoms with Crippen LogP contribution in [0.1, 0.15) is 63.4 Å². The molecule has 1 heterocycles. The van der Waals surface area contributed by atoms with E-state index in [0.717, 1.165) is 17.4 Å². The van der Waals surface area contributed by atoms with Gasteiger partial charge in [0.2, 0.25) is 0 Å². The van der Waals surface area contributed by atoms with Crippen molar-refractivity contribution >= 4 is 11.6 Å². The van der Waals surface area contributed by atoms with E-state index in [2.05, 4.69) is 17.9 Å². The Hall–Kier alpha value is -0.730. The van der Waals surface area contributed by atoms with Crippen molar-refractivity contribution in [1.82, 2.24) is 4.90 Å². The third kappa shape index (κ3) is 3.97. The van der Waals surface area contributed by atoms with Gasteiger partial charge in [-0.05, 0) is 69.3 Å². The van der Waals surface area contributed by atoms with Gasteiger partial charge in [-0.1, -0.05) is 36.9 Å². The molecule has 1 saturated carbocycles. The molecule has 2 fully saturated rings. The van der Waals surface area contributed by atoms with E-state index in [9.17, 15) is 0 Å². The van der Waals surface area contributed by atoms with E-state index >= 15 is 0 Å².